The smallest absolute Gasteiger partial charge is 0.244 e. The highest BCUT2D eigenvalue weighted by Crippen LogP contribution is 2.42. The molecule has 3 aromatic carbocycles. The minimum Gasteiger partial charge on any atom is -0.496 e. The van der Waals surface area contributed by atoms with Crippen LogP contribution in [0.15, 0.2) is 65.3 Å². The van der Waals surface area contributed by atoms with Gasteiger partial charge in [-0.3, -0.25) is 9.59 Å². The number of aryl methyl sites for hydroxylation is 1. The Morgan fingerprint density at radius 1 is 1.14 bits per heavy atom. The van der Waals surface area contributed by atoms with Crippen molar-refractivity contribution < 1.29 is 18.7 Å². The van der Waals surface area contributed by atoms with Crippen molar-refractivity contribution in [3.8, 4) is 16.9 Å². The first kappa shape index (κ1) is 24.6. The number of carbonyl (C=O) groups excluding carboxylic acids is 2. The lowest BCUT2D eigenvalue weighted by Gasteiger charge is -2.15. The molecule has 1 aliphatic rings. The number of carbonyl (C=O) groups is 2. The van der Waals surface area contributed by atoms with Gasteiger partial charge < -0.3 is 19.4 Å². The highest BCUT2D eigenvalue weighted by atomic mass is 16.5. The number of amides is 2. The Balaban J connectivity index is 1.43. The predicted molar refractivity (Wildman–Crippen MR) is 148 cm³/mol. The lowest BCUT2D eigenvalue weighted by molar-refractivity contribution is -0.127. The van der Waals surface area contributed by atoms with Crippen molar-refractivity contribution in [1.82, 2.24) is 10.2 Å². The minimum absolute atomic E-state index is 0.161. The van der Waals surface area contributed by atoms with Crippen molar-refractivity contribution in [3.05, 3.63) is 72.0 Å². The average Bonchev–Trinajstić information content (AvgIpc) is 3.52. The lowest BCUT2D eigenvalue weighted by atomic mass is 9.94. The molecule has 0 bridgehead atoms. The van der Waals surface area contributed by atoms with Gasteiger partial charge in [0.25, 0.3) is 0 Å². The van der Waals surface area contributed by atoms with Crippen LogP contribution in [0, 0.1) is 6.92 Å². The number of hydrogen-bond acceptors (Lipinski definition) is 4. The largest absolute Gasteiger partial charge is 0.496 e. The van der Waals surface area contributed by atoms with Gasteiger partial charge in [-0.15, -0.1) is 0 Å². The molecule has 5 rings (SSSR count). The second-order valence-corrected chi connectivity index (χ2v) is 9.59. The number of nitrogens with zero attached hydrogens (tertiary/aromatic N) is 1. The first-order valence-corrected chi connectivity index (χ1v) is 12.8. The monoisotopic (exact) mass is 496 g/mol. The summed E-state index contributed by atoms with van der Waals surface area (Å²) in [5, 5.41) is 6.26. The third kappa shape index (κ3) is 4.84. The molecule has 0 saturated carbocycles. The van der Waals surface area contributed by atoms with E-state index in [1.165, 1.54) is 5.39 Å². The maximum Gasteiger partial charge on any atom is 0.244 e. The number of methoxy groups -OCH3 is 1. The van der Waals surface area contributed by atoms with E-state index >= 15 is 0 Å². The van der Waals surface area contributed by atoms with Gasteiger partial charge in [-0.1, -0.05) is 42.5 Å². The standard InChI is InChI=1S/C31H32N2O4/c1-20(17-28(34)32-14-8-16-33-15-7-13-29(33)35)25-18-26-27(19-37-31(26)21(2)30(25)36-3)24-12-6-10-22-9-4-5-11-23(22)24/h4-6,9-12,17-19H,7-8,13-16H2,1-3H3,(H,32,34)/b20-17+. The average molecular weight is 497 g/mol. The molecule has 0 atom stereocenters. The molecular weight excluding hydrogens is 464 g/mol. The summed E-state index contributed by atoms with van der Waals surface area (Å²) >= 11 is 0. The quantitative estimate of drug-likeness (QED) is 0.236. The van der Waals surface area contributed by atoms with Crippen LogP contribution in [0.4, 0.5) is 0 Å². The fourth-order valence-electron chi connectivity index (χ4n) is 5.29. The number of benzene rings is 3. The zero-order valence-corrected chi connectivity index (χ0v) is 21.6. The second kappa shape index (κ2) is 10.5. The molecule has 4 aromatic rings. The molecule has 0 radical (unpaired) electrons. The Bertz CT molecular complexity index is 1510. The summed E-state index contributed by atoms with van der Waals surface area (Å²) in [6, 6.07) is 16.6. The molecule has 1 aliphatic heterocycles. The van der Waals surface area contributed by atoms with Crippen LogP contribution in [0.2, 0.25) is 0 Å². The van der Waals surface area contributed by atoms with E-state index in [-0.39, 0.29) is 11.8 Å². The number of fused-ring (bicyclic) bond motifs is 2. The van der Waals surface area contributed by atoms with Crippen LogP contribution in [0.25, 0.3) is 38.4 Å². The third-order valence-corrected chi connectivity index (χ3v) is 7.18. The van der Waals surface area contributed by atoms with Crippen LogP contribution >= 0.6 is 0 Å². The fraction of sp³-hybridized carbons (Fsp3) is 0.290. The third-order valence-electron chi connectivity index (χ3n) is 7.18. The van der Waals surface area contributed by atoms with Crippen LogP contribution in [-0.2, 0) is 9.59 Å². The highest BCUT2D eigenvalue weighted by Gasteiger charge is 2.20. The van der Waals surface area contributed by atoms with Gasteiger partial charge in [-0.25, -0.2) is 0 Å². The van der Waals surface area contributed by atoms with Crippen molar-refractivity contribution in [3.63, 3.8) is 0 Å². The van der Waals surface area contributed by atoms with E-state index in [9.17, 15) is 9.59 Å². The van der Waals surface area contributed by atoms with Crippen molar-refractivity contribution >= 4 is 39.1 Å². The molecule has 1 saturated heterocycles. The van der Waals surface area contributed by atoms with Gasteiger partial charge in [0, 0.05) is 54.2 Å². The Kier molecular flexibility index (Phi) is 6.99. The summed E-state index contributed by atoms with van der Waals surface area (Å²) in [5.41, 5.74) is 5.44. The molecule has 0 spiro atoms. The molecular formula is C31H32N2O4. The van der Waals surface area contributed by atoms with Gasteiger partial charge in [0.1, 0.15) is 11.3 Å². The molecule has 2 heterocycles. The van der Waals surface area contributed by atoms with E-state index < -0.39 is 0 Å². The molecule has 6 heteroatoms. The number of rotatable bonds is 8. The Morgan fingerprint density at radius 3 is 2.73 bits per heavy atom. The van der Waals surface area contributed by atoms with Gasteiger partial charge in [0.2, 0.25) is 11.8 Å². The van der Waals surface area contributed by atoms with E-state index in [1.807, 2.05) is 30.9 Å². The van der Waals surface area contributed by atoms with Crippen LogP contribution in [0.3, 0.4) is 0 Å². The SMILES string of the molecule is COc1c(/C(C)=C/C(=O)NCCCN2CCCC2=O)cc2c(-c3cccc4ccccc34)coc2c1C. The van der Waals surface area contributed by atoms with Crippen LogP contribution in [0.1, 0.15) is 37.3 Å². The van der Waals surface area contributed by atoms with Crippen LogP contribution in [0.5, 0.6) is 5.75 Å². The summed E-state index contributed by atoms with van der Waals surface area (Å²) in [7, 11) is 1.64. The number of nitrogens with one attached hydrogen (secondary N) is 1. The number of allylic oxidation sites excluding steroid dienone is 1. The van der Waals surface area contributed by atoms with E-state index in [0.717, 1.165) is 63.6 Å². The zero-order valence-electron chi connectivity index (χ0n) is 21.6. The molecule has 1 aromatic heterocycles. The normalized spacial score (nSPS) is 14.1. The maximum atomic E-state index is 12.7. The highest BCUT2D eigenvalue weighted by molar-refractivity contribution is 6.07. The number of furan rings is 1. The number of hydrogen-bond donors (Lipinski definition) is 1. The molecule has 37 heavy (non-hydrogen) atoms. The Morgan fingerprint density at radius 2 is 1.95 bits per heavy atom. The summed E-state index contributed by atoms with van der Waals surface area (Å²) in [6.45, 7) is 5.93. The minimum atomic E-state index is -0.161. The maximum absolute atomic E-state index is 12.7. The Labute approximate surface area is 216 Å². The molecule has 2 amide bonds. The molecule has 1 N–H and O–H groups in total. The topological polar surface area (TPSA) is 71.8 Å². The summed E-state index contributed by atoms with van der Waals surface area (Å²) < 4.78 is 11.8. The number of likely N-dealkylation sites (tertiary alicyclic amines) is 1. The molecule has 0 aliphatic carbocycles. The van der Waals surface area contributed by atoms with Gasteiger partial charge in [0.05, 0.1) is 13.4 Å². The van der Waals surface area contributed by atoms with E-state index in [2.05, 4.69) is 41.7 Å². The summed E-state index contributed by atoms with van der Waals surface area (Å²) in [5.74, 6) is 0.744. The summed E-state index contributed by atoms with van der Waals surface area (Å²) in [6.07, 6.45) is 5.72. The van der Waals surface area contributed by atoms with Crippen LogP contribution in [-0.4, -0.2) is 43.5 Å². The molecule has 190 valence electrons. The van der Waals surface area contributed by atoms with Gasteiger partial charge in [-0.05, 0) is 54.7 Å². The van der Waals surface area contributed by atoms with E-state index in [1.54, 1.807) is 19.4 Å². The van der Waals surface area contributed by atoms with E-state index in [4.69, 9.17) is 9.15 Å². The zero-order chi connectivity index (χ0) is 25.9. The molecule has 0 unspecified atom stereocenters. The van der Waals surface area contributed by atoms with Gasteiger partial charge in [-0.2, -0.15) is 0 Å². The van der Waals surface area contributed by atoms with Crippen molar-refractivity contribution in [1.29, 1.82) is 0 Å². The molecule has 1 fully saturated rings. The lowest BCUT2D eigenvalue weighted by Crippen LogP contribution is -2.30. The van der Waals surface area contributed by atoms with Gasteiger partial charge in [0.15, 0.2) is 0 Å². The van der Waals surface area contributed by atoms with Crippen molar-refractivity contribution in [2.45, 2.75) is 33.1 Å². The Hall–Kier alpha value is -4.06. The van der Waals surface area contributed by atoms with Crippen molar-refractivity contribution in [2.24, 2.45) is 0 Å². The van der Waals surface area contributed by atoms with Crippen LogP contribution < -0.4 is 10.1 Å². The summed E-state index contributed by atoms with van der Waals surface area (Å²) in [4.78, 5) is 26.3. The predicted octanol–water partition coefficient (Wildman–Crippen LogP) is 6.10. The number of ether oxygens (including phenoxy) is 1. The van der Waals surface area contributed by atoms with E-state index in [0.29, 0.717) is 25.3 Å². The first-order valence-electron chi connectivity index (χ1n) is 12.8. The first-order chi connectivity index (χ1) is 18.0. The molecule has 6 nitrogen and oxygen atoms in total. The second-order valence-electron chi connectivity index (χ2n) is 9.59. The van der Waals surface area contributed by atoms with Gasteiger partial charge >= 0.3 is 0 Å². The fourth-order valence-corrected chi connectivity index (χ4v) is 5.29. The van der Waals surface area contributed by atoms with Crippen molar-refractivity contribution in [2.75, 3.05) is 26.7 Å².